The summed E-state index contributed by atoms with van der Waals surface area (Å²) in [7, 11) is 0. The van der Waals surface area contributed by atoms with E-state index in [4.69, 9.17) is 15.3 Å². The van der Waals surface area contributed by atoms with Gasteiger partial charge >= 0.3 is 0 Å². The van der Waals surface area contributed by atoms with E-state index in [1.807, 2.05) is 0 Å². The number of hydrogen-bond acceptors (Lipinski definition) is 3. The van der Waals surface area contributed by atoms with E-state index in [0.29, 0.717) is 0 Å². The van der Waals surface area contributed by atoms with Gasteiger partial charge in [-0.1, -0.05) is 6.07 Å². The molecule has 0 aromatic heterocycles. The van der Waals surface area contributed by atoms with Gasteiger partial charge in [0.25, 0.3) is 0 Å². The lowest BCUT2D eigenvalue weighted by molar-refractivity contribution is 0.368. The number of rotatable bonds is 0. The van der Waals surface area contributed by atoms with Crippen molar-refractivity contribution in [2.75, 3.05) is 0 Å². The molecule has 1 rings (SSSR count). The van der Waals surface area contributed by atoms with Crippen LogP contribution in [0.5, 0.6) is 17.2 Å². The average molecular weight is 124 g/mol. The third kappa shape index (κ3) is 0.820. The maximum absolute atomic E-state index is 8.66. The summed E-state index contributed by atoms with van der Waals surface area (Å²) in [5.41, 5.74) is 0. The lowest BCUT2D eigenvalue weighted by atomic mass is 10.3. The van der Waals surface area contributed by atoms with Crippen LogP contribution in [0.2, 0.25) is 0 Å². The predicted molar refractivity (Wildman–Crippen MR) is 29.1 cm³/mol. The summed E-state index contributed by atoms with van der Waals surface area (Å²) in [6, 6.07) is 5.55. The molecule has 1 aromatic rings. The minimum absolute atomic E-state index is 0.397. The first-order valence-corrected chi connectivity index (χ1v) is 2.25. The van der Waals surface area contributed by atoms with E-state index >= 15 is 0 Å². The van der Waals surface area contributed by atoms with Crippen LogP contribution in [0.1, 0.15) is 0 Å². The molecule has 3 nitrogen and oxygen atoms in total. The van der Waals surface area contributed by atoms with Crippen LogP contribution in [0.15, 0.2) is 6.07 Å². The lowest BCUT2D eigenvalue weighted by Gasteiger charge is -1.92. The fraction of sp³-hybridized carbons (Fsp3) is 0. The fourth-order valence-corrected chi connectivity index (χ4v) is 0.422. The van der Waals surface area contributed by atoms with Gasteiger partial charge in [-0.3, -0.25) is 0 Å². The Kier molecular flexibility index (Phi) is 1.08. The molecule has 0 radical (unpaired) electrons. The molecule has 0 bridgehead atoms. The van der Waals surface area contributed by atoms with Crippen molar-refractivity contribution in [3.05, 3.63) is 18.2 Å². The van der Waals surface area contributed by atoms with Gasteiger partial charge in [-0.2, -0.15) is 0 Å². The van der Waals surface area contributed by atoms with Crippen molar-refractivity contribution in [3.63, 3.8) is 0 Å². The molecule has 1 aromatic carbocycles. The number of hydrogen-bond donors (Lipinski definition) is 3. The molecule has 0 saturated carbocycles. The minimum atomic E-state index is -0.561. The van der Waals surface area contributed by atoms with E-state index in [-0.39, 0.29) is 0 Å². The third-order valence-electron chi connectivity index (χ3n) is 0.866. The molecule has 0 fully saturated rings. The molecular weight excluding hydrogens is 120 g/mol. The predicted octanol–water partition coefficient (Wildman–Crippen LogP) is 0.404. The Morgan fingerprint density at radius 2 is 1.89 bits per heavy atom. The van der Waals surface area contributed by atoms with E-state index in [9.17, 15) is 0 Å². The zero-order valence-corrected chi connectivity index (χ0v) is 4.42. The zero-order chi connectivity index (χ0) is 6.85. The standard InChI is InChI=1S/C6H4O3/c7-4-2-1-3-5(8)6(4)9/h2,7-9H. The molecule has 0 aliphatic heterocycles. The van der Waals surface area contributed by atoms with Gasteiger partial charge in [-0.15, -0.1) is 0 Å². The molecule has 0 aliphatic rings. The molecule has 0 atom stereocenters. The van der Waals surface area contributed by atoms with Crippen LogP contribution in [-0.4, -0.2) is 15.3 Å². The van der Waals surface area contributed by atoms with Gasteiger partial charge in [0.15, 0.2) is 5.75 Å². The largest absolute Gasteiger partial charge is 0.504 e. The van der Waals surface area contributed by atoms with E-state index in [0.717, 1.165) is 6.07 Å². The van der Waals surface area contributed by atoms with Crippen molar-refractivity contribution >= 4 is 0 Å². The normalized spacial score (nSPS) is 8.44. The molecule has 3 N–H and O–H groups in total. The Morgan fingerprint density at radius 3 is 2.33 bits per heavy atom. The molecule has 9 heavy (non-hydrogen) atoms. The third-order valence-corrected chi connectivity index (χ3v) is 0.866. The van der Waals surface area contributed by atoms with Crippen LogP contribution in [0, 0.1) is 12.1 Å². The van der Waals surface area contributed by atoms with Gasteiger partial charge in [0.05, 0.1) is 0 Å². The zero-order valence-electron chi connectivity index (χ0n) is 4.42. The van der Waals surface area contributed by atoms with Crippen LogP contribution < -0.4 is 0 Å². The second-order valence-corrected chi connectivity index (χ2v) is 1.50. The summed E-state index contributed by atoms with van der Waals surface area (Å²) in [5, 5.41) is 25.9. The van der Waals surface area contributed by atoms with Gasteiger partial charge in [-0.25, -0.2) is 0 Å². The summed E-state index contributed by atoms with van der Waals surface area (Å²) < 4.78 is 0. The van der Waals surface area contributed by atoms with Crippen LogP contribution in [-0.2, 0) is 0 Å². The highest BCUT2D eigenvalue weighted by molar-refractivity contribution is 5.44. The summed E-state index contributed by atoms with van der Waals surface area (Å²) in [5.74, 6) is -1.45. The van der Waals surface area contributed by atoms with Gasteiger partial charge < -0.3 is 15.3 Å². The second kappa shape index (κ2) is 1.75. The number of aromatic hydroxyl groups is 3. The first-order valence-electron chi connectivity index (χ1n) is 2.25. The van der Waals surface area contributed by atoms with Crippen molar-refractivity contribution < 1.29 is 15.3 Å². The molecule has 0 unspecified atom stereocenters. The van der Waals surface area contributed by atoms with Gasteiger partial charge in [0.1, 0.15) is 0 Å². The van der Waals surface area contributed by atoms with Crippen molar-refractivity contribution in [3.8, 4) is 17.2 Å². The van der Waals surface area contributed by atoms with Crippen molar-refractivity contribution in [2.45, 2.75) is 0 Å². The monoisotopic (exact) mass is 124 g/mol. The van der Waals surface area contributed by atoms with Crippen molar-refractivity contribution in [1.29, 1.82) is 0 Å². The van der Waals surface area contributed by atoms with Crippen LogP contribution >= 0.6 is 0 Å². The summed E-state index contributed by atoms with van der Waals surface area (Å²) >= 11 is 0. The first-order chi connectivity index (χ1) is 4.22. The Hall–Kier alpha value is -1.56. The molecule has 0 aliphatic carbocycles. The molecule has 0 spiro atoms. The van der Waals surface area contributed by atoms with E-state index in [1.54, 1.807) is 0 Å². The summed E-state index contributed by atoms with van der Waals surface area (Å²) in [4.78, 5) is 0. The quantitative estimate of drug-likeness (QED) is 0.469. The Bertz CT molecular complexity index is 199. The average Bonchev–Trinajstić information content (AvgIpc) is 1.83. The molecule has 3 heteroatoms. The topological polar surface area (TPSA) is 60.7 Å². The minimum Gasteiger partial charge on any atom is -0.504 e. The first kappa shape index (κ1) is 5.57. The van der Waals surface area contributed by atoms with Crippen molar-refractivity contribution in [1.82, 2.24) is 0 Å². The second-order valence-electron chi connectivity index (χ2n) is 1.50. The highest BCUT2D eigenvalue weighted by Crippen LogP contribution is 2.30. The van der Waals surface area contributed by atoms with E-state index in [1.165, 1.54) is 0 Å². The Morgan fingerprint density at radius 1 is 1.22 bits per heavy atom. The SMILES string of the molecule is Oc1c#ccc(O)c1O. The molecule has 0 amide bonds. The molecule has 46 valence electrons. The van der Waals surface area contributed by atoms with Crippen LogP contribution in [0.25, 0.3) is 0 Å². The van der Waals surface area contributed by atoms with Crippen LogP contribution in [0.3, 0.4) is 0 Å². The Balaban J connectivity index is 3.25. The highest BCUT2D eigenvalue weighted by Gasteiger charge is 2.00. The lowest BCUT2D eigenvalue weighted by Crippen LogP contribution is -1.65. The summed E-state index contributed by atoms with van der Waals surface area (Å²) in [6.45, 7) is 0. The van der Waals surface area contributed by atoms with Gasteiger partial charge in [0, 0.05) is 6.07 Å². The summed E-state index contributed by atoms with van der Waals surface area (Å²) in [6.07, 6.45) is 0. The van der Waals surface area contributed by atoms with Gasteiger partial charge in [0.2, 0.25) is 11.5 Å². The van der Waals surface area contributed by atoms with E-state index in [2.05, 4.69) is 12.1 Å². The highest BCUT2D eigenvalue weighted by atomic mass is 16.3. The fourth-order valence-electron chi connectivity index (χ4n) is 0.422. The maximum atomic E-state index is 8.66. The van der Waals surface area contributed by atoms with E-state index < -0.39 is 17.2 Å². The van der Waals surface area contributed by atoms with Gasteiger partial charge in [-0.05, 0) is 6.07 Å². The van der Waals surface area contributed by atoms with Crippen LogP contribution in [0.4, 0.5) is 0 Å². The molecular formula is C6H4O3. The molecule has 0 heterocycles. The van der Waals surface area contributed by atoms with Crippen molar-refractivity contribution in [2.24, 2.45) is 0 Å². The Labute approximate surface area is 51.8 Å². The smallest absolute Gasteiger partial charge is 0.214 e. The molecule has 0 saturated heterocycles. The maximum Gasteiger partial charge on any atom is 0.214 e.